The first-order chi connectivity index (χ1) is 9.20. The van der Waals surface area contributed by atoms with Gasteiger partial charge >= 0.3 is 0 Å². The molecule has 2 aromatic rings. The molecule has 0 unspecified atom stereocenters. The Morgan fingerprint density at radius 2 is 1.95 bits per heavy atom. The molecule has 0 bridgehead atoms. The van der Waals surface area contributed by atoms with Gasteiger partial charge in [-0.3, -0.25) is 0 Å². The van der Waals surface area contributed by atoms with E-state index in [1.165, 1.54) is 0 Å². The third-order valence-corrected chi connectivity index (χ3v) is 3.45. The lowest BCUT2D eigenvalue weighted by Gasteiger charge is -2.09. The van der Waals surface area contributed by atoms with Crippen molar-refractivity contribution in [2.75, 3.05) is 5.73 Å². The van der Waals surface area contributed by atoms with Crippen LogP contribution in [0.1, 0.15) is 24.9 Å². The van der Waals surface area contributed by atoms with E-state index in [1.807, 2.05) is 30.3 Å². The van der Waals surface area contributed by atoms with Crippen molar-refractivity contribution in [2.45, 2.75) is 26.4 Å². The van der Waals surface area contributed by atoms with Crippen molar-refractivity contribution in [1.29, 1.82) is 0 Å². The van der Waals surface area contributed by atoms with Gasteiger partial charge < -0.3 is 10.5 Å². The minimum absolute atomic E-state index is 0.318. The van der Waals surface area contributed by atoms with Crippen molar-refractivity contribution in [3.05, 3.63) is 46.3 Å². The summed E-state index contributed by atoms with van der Waals surface area (Å²) in [4.78, 5) is 8.70. The van der Waals surface area contributed by atoms with Gasteiger partial charge in [0.2, 0.25) is 0 Å². The van der Waals surface area contributed by atoms with Crippen LogP contribution in [0.25, 0.3) is 0 Å². The van der Waals surface area contributed by atoms with Crippen LogP contribution in [0.2, 0.25) is 0 Å². The summed E-state index contributed by atoms with van der Waals surface area (Å²) in [6.45, 7) is 2.42. The van der Waals surface area contributed by atoms with Crippen LogP contribution in [0.15, 0.2) is 34.8 Å². The number of benzene rings is 1. The lowest BCUT2D eigenvalue weighted by Crippen LogP contribution is -2.08. The quantitative estimate of drug-likeness (QED) is 0.917. The number of nitrogens with zero attached hydrogens (tertiary/aromatic N) is 2. The molecule has 1 heterocycles. The molecule has 19 heavy (non-hydrogen) atoms. The lowest BCUT2D eigenvalue weighted by molar-refractivity contribution is 0.295. The normalized spacial score (nSPS) is 10.4. The fourth-order valence-electron chi connectivity index (χ4n) is 1.70. The molecule has 0 aliphatic rings. The van der Waals surface area contributed by atoms with Crippen LogP contribution in [0.5, 0.6) is 5.75 Å². The topological polar surface area (TPSA) is 61.0 Å². The second-order valence-corrected chi connectivity index (χ2v) is 4.93. The number of anilines is 1. The third-order valence-electron chi connectivity index (χ3n) is 2.59. The zero-order chi connectivity index (χ0) is 13.7. The molecule has 100 valence electrons. The number of para-hydroxylation sites is 1. The molecule has 0 aliphatic carbocycles. The average molecular weight is 322 g/mol. The maximum Gasteiger partial charge on any atom is 0.168 e. The van der Waals surface area contributed by atoms with E-state index < -0.39 is 0 Å². The number of nitrogens with two attached hydrogens (primary N) is 1. The molecular weight excluding hydrogens is 306 g/mol. The second kappa shape index (κ2) is 6.52. The Morgan fingerprint density at radius 1 is 1.21 bits per heavy atom. The van der Waals surface area contributed by atoms with Gasteiger partial charge in [-0.15, -0.1) is 0 Å². The molecule has 5 heteroatoms. The predicted octanol–water partition coefficient (Wildman–Crippen LogP) is 3.35. The van der Waals surface area contributed by atoms with Crippen LogP contribution >= 0.6 is 15.9 Å². The van der Waals surface area contributed by atoms with E-state index in [1.54, 1.807) is 0 Å². The standard InChI is InChI=1S/C14H16BrN3O/c1-2-6-11-13(15)14(16)18-12(17-11)9-19-10-7-4-3-5-8-10/h3-5,7-8H,2,6,9H2,1H3,(H2,16,17,18). The Kier molecular flexibility index (Phi) is 4.74. The number of hydrogen-bond donors (Lipinski definition) is 1. The average Bonchev–Trinajstić information content (AvgIpc) is 2.43. The Labute approximate surface area is 121 Å². The summed E-state index contributed by atoms with van der Waals surface area (Å²) in [5.74, 6) is 1.86. The number of hydrogen-bond acceptors (Lipinski definition) is 4. The van der Waals surface area contributed by atoms with Gasteiger partial charge in [-0.05, 0) is 34.5 Å². The van der Waals surface area contributed by atoms with Gasteiger partial charge in [0.1, 0.15) is 18.2 Å². The SMILES string of the molecule is CCCc1nc(COc2ccccc2)nc(N)c1Br. The number of aromatic nitrogens is 2. The molecule has 0 spiro atoms. The van der Waals surface area contributed by atoms with Gasteiger partial charge in [-0.25, -0.2) is 9.97 Å². The maximum absolute atomic E-state index is 5.87. The Balaban J connectivity index is 2.12. The van der Waals surface area contributed by atoms with Crippen molar-refractivity contribution in [1.82, 2.24) is 9.97 Å². The van der Waals surface area contributed by atoms with Gasteiger partial charge in [-0.1, -0.05) is 31.5 Å². The minimum Gasteiger partial charge on any atom is -0.486 e. The number of aryl methyl sites for hydroxylation is 1. The van der Waals surface area contributed by atoms with E-state index in [9.17, 15) is 0 Å². The van der Waals surface area contributed by atoms with Gasteiger partial charge in [0, 0.05) is 0 Å². The van der Waals surface area contributed by atoms with E-state index in [0.717, 1.165) is 28.8 Å². The summed E-state index contributed by atoms with van der Waals surface area (Å²) in [5.41, 5.74) is 6.80. The highest BCUT2D eigenvalue weighted by molar-refractivity contribution is 9.10. The van der Waals surface area contributed by atoms with Gasteiger partial charge in [0.25, 0.3) is 0 Å². The lowest BCUT2D eigenvalue weighted by atomic mass is 10.2. The highest BCUT2D eigenvalue weighted by Crippen LogP contribution is 2.22. The van der Waals surface area contributed by atoms with Gasteiger partial charge in [0.15, 0.2) is 5.82 Å². The number of ether oxygens (including phenoxy) is 1. The molecule has 0 amide bonds. The number of nitrogen functional groups attached to an aromatic ring is 1. The predicted molar refractivity (Wildman–Crippen MR) is 78.9 cm³/mol. The zero-order valence-corrected chi connectivity index (χ0v) is 12.4. The molecule has 0 aliphatic heterocycles. The summed E-state index contributed by atoms with van der Waals surface area (Å²) in [7, 11) is 0. The van der Waals surface area contributed by atoms with Crippen LogP contribution in [0.4, 0.5) is 5.82 Å². The molecule has 2 N–H and O–H groups in total. The van der Waals surface area contributed by atoms with Crippen LogP contribution in [0.3, 0.4) is 0 Å². The first-order valence-electron chi connectivity index (χ1n) is 6.19. The molecular formula is C14H16BrN3O. The molecule has 0 saturated heterocycles. The Hall–Kier alpha value is -1.62. The first kappa shape index (κ1) is 13.8. The molecule has 0 atom stereocenters. The summed E-state index contributed by atoms with van der Waals surface area (Å²) in [6.07, 6.45) is 1.87. The van der Waals surface area contributed by atoms with Crippen molar-refractivity contribution >= 4 is 21.7 Å². The largest absolute Gasteiger partial charge is 0.486 e. The molecule has 0 radical (unpaired) electrons. The zero-order valence-electron chi connectivity index (χ0n) is 10.8. The summed E-state index contributed by atoms with van der Waals surface area (Å²) >= 11 is 3.42. The fraction of sp³-hybridized carbons (Fsp3) is 0.286. The van der Waals surface area contributed by atoms with Crippen molar-refractivity contribution in [2.24, 2.45) is 0 Å². The summed E-state index contributed by atoms with van der Waals surface area (Å²) in [5, 5.41) is 0. The van der Waals surface area contributed by atoms with E-state index in [2.05, 4.69) is 32.8 Å². The van der Waals surface area contributed by atoms with Crippen LogP contribution in [-0.2, 0) is 13.0 Å². The van der Waals surface area contributed by atoms with Gasteiger partial charge in [0.05, 0.1) is 10.2 Å². The summed E-state index contributed by atoms with van der Waals surface area (Å²) in [6, 6.07) is 9.59. The molecule has 2 rings (SSSR count). The molecule has 0 saturated carbocycles. The smallest absolute Gasteiger partial charge is 0.168 e. The molecule has 0 fully saturated rings. The monoisotopic (exact) mass is 321 g/mol. The van der Waals surface area contributed by atoms with Gasteiger partial charge in [-0.2, -0.15) is 0 Å². The second-order valence-electron chi connectivity index (χ2n) is 4.14. The Bertz CT molecular complexity index is 546. The van der Waals surface area contributed by atoms with Crippen LogP contribution < -0.4 is 10.5 Å². The number of halogens is 1. The molecule has 1 aromatic carbocycles. The fourth-order valence-corrected chi connectivity index (χ4v) is 2.07. The van der Waals surface area contributed by atoms with E-state index >= 15 is 0 Å². The van der Waals surface area contributed by atoms with Crippen molar-refractivity contribution in [3.63, 3.8) is 0 Å². The molecule has 4 nitrogen and oxygen atoms in total. The highest BCUT2D eigenvalue weighted by Gasteiger charge is 2.09. The van der Waals surface area contributed by atoms with E-state index in [-0.39, 0.29) is 0 Å². The molecule has 1 aromatic heterocycles. The van der Waals surface area contributed by atoms with Crippen molar-refractivity contribution < 1.29 is 4.74 Å². The Morgan fingerprint density at radius 3 is 2.63 bits per heavy atom. The minimum atomic E-state index is 0.318. The number of rotatable bonds is 5. The van der Waals surface area contributed by atoms with E-state index in [4.69, 9.17) is 10.5 Å². The maximum atomic E-state index is 5.87. The summed E-state index contributed by atoms with van der Waals surface area (Å²) < 4.78 is 6.41. The third kappa shape index (κ3) is 3.67. The van der Waals surface area contributed by atoms with E-state index in [0.29, 0.717) is 18.2 Å². The first-order valence-corrected chi connectivity index (χ1v) is 6.98. The van der Waals surface area contributed by atoms with Crippen molar-refractivity contribution in [3.8, 4) is 5.75 Å². The van der Waals surface area contributed by atoms with Crippen LogP contribution in [-0.4, -0.2) is 9.97 Å². The van der Waals surface area contributed by atoms with Crippen LogP contribution in [0, 0.1) is 0 Å². The highest BCUT2D eigenvalue weighted by atomic mass is 79.9.